The summed E-state index contributed by atoms with van der Waals surface area (Å²) in [7, 11) is 0. The molecule has 1 aromatic heterocycles. The second kappa shape index (κ2) is 7.40. The van der Waals surface area contributed by atoms with E-state index >= 15 is 0 Å². The lowest BCUT2D eigenvalue weighted by Crippen LogP contribution is -2.18. The Bertz CT molecular complexity index is 747. The molecule has 0 aliphatic carbocycles. The summed E-state index contributed by atoms with van der Waals surface area (Å²) in [5.74, 6) is 1.32. The number of aryl methyl sites for hydroxylation is 1. The third-order valence-electron chi connectivity index (χ3n) is 3.35. The molecule has 0 aliphatic rings. The van der Waals surface area contributed by atoms with Crippen molar-refractivity contribution < 1.29 is 4.74 Å². The van der Waals surface area contributed by atoms with Crippen LogP contribution in [0.4, 0.5) is 0 Å². The van der Waals surface area contributed by atoms with Crippen molar-refractivity contribution in [2.24, 2.45) is 5.92 Å². The Morgan fingerprint density at radius 1 is 1.27 bits per heavy atom. The SMILES string of the molecule is CCc1[nH]c(=S)[nH]c(=O)c1Cc1cccc(OCC(C)C)c1. The number of hydrogen-bond donors (Lipinski definition) is 2. The molecule has 22 heavy (non-hydrogen) atoms. The highest BCUT2D eigenvalue weighted by Gasteiger charge is 2.09. The van der Waals surface area contributed by atoms with E-state index in [0.29, 0.717) is 23.7 Å². The minimum atomic E-state index is -0.117. The van der Waals surface area contributed by atoms with Gasteiger partial charge in [-0.25, -0.2) is 0 Å². The van der Waals surface area contributed by atoms with E-state index in [0.717, 1.165) is 29.0 Å². The Kier molecular flexibility index (Phi) is 5.55. The molecule has 0 bridgehead atoms. The van der Waals surface area contributed by atoms with Crippen LogP contribution in [0, 0.1) is 10.7 Å². The fourth-order valence-corrected chi connectivity index (χ4v) is 2.48. The molecule has 0 saturated heterocycles. The maximum atomic E-state index is 12.2. The van der Waals surface area contributed by atoms with E-state index in [9.17, 15) is 4.79 Å². The smallest absolute Gasteiger partial charge is 0.255 e. The molecule has 0 radical (unpaired) electrons. The Morgan fingerprint density at radius 3 is 2.73 bits per heavy atom. The molecule has 2 rings (SSSR count). The van der Waals surface area contributed by atoms with Gasteiger partial charge in [-0.15, -0.1) is 0 Å². The van der Waals surface area contributed by atoms with Crippen LogP contribution in [0.25, 0.3) is 0 Å². The van der Waals surface area contributed by atoms with Crippen molar-refractivity contribution in [2.75, 3.05) is 6.61 Å². The Labute approximate surface area is 135 Å². The highest BCUT2D eigenvalue weighted by atomic mass is 32.1. The lowest BCUT2D eigenvalue weighted by molar-refractivity contribution is 0.271. The van der Waals surface area contributed by atoms with Gasteiger partial charge in [0.1, 0.15) is 5.75 Å². The topological polar surface area (TPSA) is 57.9 Å². The van der Waals surface area contributed by atoms with Crippen LogP contribution in [0.2, 0.25) is 0 Å². The molecule has 0 fully saturated rings. The van der Waals surface area contributed by atoms with Crippen LogP contribution in [0.1, 0.15) is 37.6 Å². The summed E-state index contributed by atoms with van der Waals surface area (Å²) in [6.45, 7) is 6.92. The minimum absolute atomic E-state index is 0.117. The summed E-state index contributed by atoms with van der Waals surface area (Å²) in [6, 6.07) is 7.89. The Balaban J connectivity index is 2.26. The zero-order chi connectivity index (χ0) is 16.1. The van der Waals surface area contributed by atoms with Gasteiger partial charge in [-0.2, -0.15) is 0 Å². The van der Waals surface area contributed by atoms with Crippen LogP contribution < -0.4 is 10.3 Å². The minimum Gasteiger partial charge on any atom is -0.493 e. The number of hydrogen-bond acceptors (Lipinski definition) is 3. The van der Waals surface area contributed by atoms with Crippen LogP contribution in [-0.2, 0) is 12.8 Å². The highest BCUT2D eigenvalue weighted by Crippen LogP contribution is 2.17. The van der Waals surface area contributed by atoms with E-state index in [1.807, 2.05) is 31.2 Å². The number of nitrogens with one attached hydrogen (secondary N) is 2. The third-order valence-corrected chi connectivity index (χ3v) is 3.55. The Hall–Kier alpha value is -1.88. The van der Waals surface area contributed by atoms with Gasteiger partial charge < -0.3 is 9.72 Å². The molecule has 0 amide bonds. The summed E-state index contributed by atoms with van der Waals surface area (Å²) in [6.07, 6.45) is 1.30. The van der Waals surface area contributed by atoms with Crippen LogP contribution in [0.3, 0.4) is 0 Å². The number of ether oxygens (including phenoxy) is 1. The maximum Gasteiger partial charge on any atom is 0.255 e. The second-order valence-corrected chi connectivity index (χ2v) is 6.16. The second-order valence-electron chi connectivity index (χ2n) is 5.75. The number of aromatic amines is 2. The average molecular weight is 318 g/mol. The standard InChI is InChI=1S/C17H22N2O2S/c1-4-15-14(16(20)19-17(22)18-15)9-12-6-5-7-13(8-12)21-10-11(2)3/h5-8,11H,4,9-10H2,1-3H3,(H2,18,19,20,22). The predicted molar refractivity (Wildman–Crippen MR) is 91.2 cm³/mol. The predicted octanol–water partition coefficient (Wildman–Crippen LogP) is 3.62. The molecule has 118 valence electrons. The molecule has 0 aliphatic heterocycles. The first-order valence-corrected chi connectivity index (χ1v) is 7.96. The van der Waals surface area contributed by atoms with Crippen LogP contribution in [-0.4, -0.2) is 16.6 Å². The van der Waals surface area contributed by atoms with Gasteiger partial charge in [0, 0.05) is 17.7 Å². The van der Waals surface area contributed by atoms with Crippen molar-refractivity contribution in [2.45, 2.75) is 33.6 Å². The van der Waals surface area contributed by atoms with E-state index in [4.69, 9.17) is 17.0 Å². The van der Waals surface area contributed by atoms with Crippen molar-refractivity contribution >= 4 is 12.2 Å². The molecular weight excluding hydrogens is 296 g/mol. The summed E-state index contributed by atoms with van der Waals surface area (Å²) >= 11 is 5.03. The Morgan fingerprint density at radius 2 is 2.05 bits per heavy atom. The monoisotopic (exact) mass is 318 g/mol. The molecule has 0 spiro atoms. The molecule has 4 nitrogen and oxygen atoms in total. The fourth-order valence-electron chi connectivity index (χ4n) is 2.26. The molecular formula is C17H22N2O2S. The largest absolute Gasteiger partial charge is 0.493 e. The maximum absolute atomic E-state index is 12.2. The number of aromatic nitrogens is 2. The molecule has 0 atom stereocenters. The van der Waals surface area contributed by atoms with Crippen molar-refractivity contribution in [3.63, 3.8) is 0 Å². The molecule has 1 aromatic carbocycles. The molecule has 0 unspecified atom stereocenters. The lowest BCUT2D eigenvalue weighted by atomic mass is 10.0. The van der Waals surface area contributed by atoms with Gasteiger partial charge in [0.25, 0.3) is 5.56 Å². The van der Waals surface area contributed by atoms with Crippen molar-refractivity contribution in [1.29, 1.82) is 0 Å². The van der Waals surface area contributed by atoms with E-state index in [2.05, 4.69) is 23.8 Å². The molecule has 0 saturated carbocycles. The fraction of sp³-hybridized carbons (Fsp3) is 0.412. The van der Waals surface area contributed by atoms with E-state index in [1.165, 1.54) is 0 Å². The first-order chi connectivity index (χ1) is 10.5. The van der Waals surface area contributed by atoms with Gasteiger partial charge in [-0.05, 0) is 42.3 Å². The summed E-state index contributed by atoms with van der Waals surface area (Å²) < 4.78 is 6.12. The molecule has 5 heteroatoms. The number of benzene rings is 1. The van der Waals surface area contributed by atoms with Crippen molar-refractivity contribution in [3.8, 4) is 5.75 Å². The highest BCUT2D eigenvalue weighted by molar-refractivity contribution is 7.71. The molecule has 2 N–H and O–H groups in total. The molecule has 2 aromatic rings. The number of rotatable bonds is 6. The van der Waals surface area contributed by atoms with E-state index < -0.39 is 0 Å². The zero-order valence-corrected chi connectivity index (χ0v) is 14.0. The molecule has 1 heterocycles. The summed E-state index contributed by atoms with van der Waals surface area (Å²) in [4.78, 5) is 17.9. The zero-order valence-electron chi connectivity index (χ0n) is 13.2. The van der Waals surface area contributed by atoms with Crippen LogP contribution >= 0.6 is 12.2 Å². The first-order valence-electron chi connectivity index (χ1n) is 7.55. The van der Waals surface area contributed by atoms with Gasteiger partial charge in [0.2, 0.25) is 0 Å². The van der Waals surface area contributed by atoms with E-state index in [-0.39, 0.29) is 5.56 Å². The van der Waals surface area contributed by atoms with Gasteiger partial charge in [0.15, 0.2) is 4.77 Å². The van der Waals surface area contributed by atoms with Gasteiger partial charge in [0.05, 0.1) is 6.61 Å². The van der Waals surface area contributed by atoms with Gasteiger partial charge in [-0.3, -0.25) is 9.78 Å². The van der Waals surface area contributed by atoms with Crippen molar-refractivity contribution in [3.05, 3.63) is 56.2 Å². The van der Waals surface area contributed by atoms with Crippen LogP contribution in [0.5, 0.6) is 5.75 Å². The quantitative estimate of drug-likeness (QED) is 0.800. The van der Waals surface area contributed by atoms with Crippen molar-refractivity contribution in [1.82, 2.24) is 9.97 Å². The third kappa shape index (κ3) is 4.31. The van der Waals surface area contributed by atoms with Gasteiger partial charge in [-0.1, -0.05) is 32.9 Å². The van der Waals surface area contributed by atoms with Crippen LogP contribution in [0.15, 0.2) is 29.1 Å². The number of H-pyrrole nitrogens is 2. The van der Waals surface area contributed by atoms with E-state index in [1.54, 1.807) is 0 Å². The van der Waals surface area contributed by atoms with Gasteiger partial charge >= 0.3 is 0 Å². The summed E-state index contributed by atoms with van der Waals surface area (Å²) in [5, 5.41) is 0. The lowest BCUT2D eigenvalue weighted by Gasteiger charge is -2.11. The average Bonchev–Trinajstić information content (AvgIpc) is 2.48. The summed E-state index contributed by atoms with van der Waals surface area (Å²) in [5.41, 5.74) is 2.56. The normalized spacial score (nSPS) is 10.9. The first kappa shape index (κ1) is 16.5.